The first kappa shape index (κ1) is 23.7. The SMILES string of the molecule is CCCCOc1ccc(S(=O)(=O)NCCNc2cc(-n3nc(C)cc3C)nc(C)n2)cc1. The van der Waals surface area contributed by atoms with Crippen LogP contribution < -0.4 is 14.8 Å². The summed E-state index contributed by atoms with van der Waals surface area (Å²) in [5, 5.41) is 7.59. The number of hydrogen-bond acceptors (Lipinski definition) is 7. The van der Waals surface area contributed by atoms with E-state index in [1.165, 1.54) is 0 Å². The van der Waals surface area contributed by atoms with Crippen LogP contribution in [0.25, 0.3) is 5.82 Å². The molecule has 0 saturated carbocycles. The average Bonchev–Trinajstić information content (AvgIpc) is 3.09. The number of hydrogen-bond donors (Lipinski definition) is 2. The number of anilines is 1. The first-order chi connectivity index (χ1) is 15.3. The van der Waals surface area contributed by atoms with Crippen LogP contribution in [0.4, 0.5) is 5.82 Å². The van der Waals surface area contributed by atoms with Crippen LogP contribution in [-0.4, -0.2) is 47.9 Å². The predicted molar refractivity (Wildman–Crippen MR) is 124 cm³/mol. The molecule has 0 aliphatic heterocycles. The molecule has 2 aromatic heterocycles. The van der Waals surface area contributed by atoms with E-state index in [2.05, 4.69) is 32.0 Å². The Balaban J connectivity index is 1.56. The van der Waals surface area contributed by atoms with Gasteiger partial charge in [-0.1, -0.05) is 13.3 Å². The van der Waals surface area contributed by atoms with Crippen LogP contribution in [0, 0.1) is 20.8 Å². The number of nitrogens with zero attached hydrogens (tertiary/aromatic N) is 4. The third-order valence-electron chi connectivity index (χ3n) is 4.67. The Morgan fingerprint density at radius 2 is 1.78 bits per heavy atom. The van der Waals surface area contributed by atoms with Crippen LogP contribution >= 0.6 is 0 Å². The molecule has 172 valence electrons. The molecule has 0 aliphatic rings. The molecule has 0 unspecified atom stereocenters. The zero-order valence-electron chi connectivity index (χ0n) is 18.9. The Kier molecular flexibility index (Phi) is 7.81. The van der Waals surface area contributed by atoms with Gasteiger partial charge < -0.3 is 10.1 Å². The van der Waals surface area contributed by atoms with Crippen LogP contribution in [0.15, 0.2) is 41.3 Å². The van der Waals surface area contributed by atoms with Gasteiger partial charge in [0.15, 0.2) is 5.82 Å². The van der Waals surface area contributed by atoms with Crippen molar-refractivity contribution < 1.29 is 13.2 Å². The number of ether oxygens (including phenoxy) is 1. The maximum atomic E-state index is 12.5. The topological polar surface area (TPSA) is 111 Å². The van der Waals surface area contributed by atoms with Gasteiger partial charge in [-0.3, -0.25) is 0 Å². The zero-order chi connectivity index (χ0) is 23.1. The lowest BCUT2D eigenvalue weighted by Gasteiger charge is -2.11. The molecule has 0 radical (unpaired) electrons. The van der Waals surface area contributed by atoms with Crippen molar-refractivity contribution in [1.29, 1.82) is 0 Å². The molecular formula is C22H30N6O3S. The molecule has 32 heavy (non-hydrogen) atoms. The van der Waals surface area contributed by atoms with E-state index in [0.29, 0.717) is 36.4 Å². The molecule has 0 fully saturated rings. The van der Waals surface area contributed by atoms with E-state index in [9.17, 15) is 8.42 Å². The first-order valence-corrected chi connectivity index (χ1v) is 12.1. The third-order valence-corrected chi connectivity index (χ3v) is 6.15. The van der Waals surface area contributed by atoms with Crippen molar-refractivity contribution in [2.24, 2.45) is 0 Å². The Bertz CT molecular complexity index is 1140. The highest BCUT2D eigenvalue weighted by Crippen LogP contribution is 2.17. The molecule has 10 heteroatoms. The maximum Gasteiger partial charge on any atom is 0.240 e. The van der Waals surface area contributed by atoms with Crippen molar-refractivity contribution in [3.05, 3.63) is 53.6 Å². The molecule has 0 bridgehead atoms. The molecule has 9 nitrogen and oxygen atoms in total. The van der Waals surface area contributed by atoms with Gasteiger partial charge in [-0.05, 0) is 57.5 Å². The summed E-state index contributed by atoms with van der Waals surface area (Å²) in [6.45, 7) is 8.97. The van der Waals surface area contributed by atoms with Gasteiger partial charge in [0.25, 0.3) is 0 Å². The first-order valence-electron chi connectivity index (χ1n) is 10.6. The number of rotatable bonds is 11. The van der Waals surface area contributed by atoms with E-state index in [-0.39, 0.29) is 11.4 Å². The second-order valence-electron chi connectivity index (χ2n) is 7.50. The summed E-state index contributed by atoms with van der Waals surface area (Å²) in [5.74, 6) is 2.52. The second kappa shape index (κ2) is 10.6. The third kappa shape index (κ3) is 6.27. The minimum Gasteiger partial charge on any atom is -0.494 e. The summed E-state index contributed by atoms with van der Waals surface area (Å²) in [6, 6.07) is 10.2. The number of aryl methyl sites for hydroxylation is 3. The molecule has 0 atom stereocenters. The van der Waals surface area contributed by atoms with Crippen LogP contribution in [0.2, 0.25) is 0 Å². The summed E-state index contributed by atoms with van der Waals surface area (Å²) in [6.07, 6.45) is 2.01. The minimum atomic E-state index is -3.61. The fraction of sp³-hybridized carbons (Fsp3) is 0.409. The lowest BCUT2D eigenvalue weighted by Crippen LogP contribution is -2.29. The molecule has 2 N–H and O–H groups in total. The van der Waals surface area contributed by atoms with Gasteiger partial charge in [-0.2, -0.15) is 5.10 Å². The standard InChI is InChI=1S/C22H30N6O3S/c1-5-6-13-31-19-7-9-20(10-8-19)32(29,30)24-12-11-23-21-15-22(26-18(4)25-21)28-17(3)14-16(2)27-28/h7-10,14-15,24H,5-6,11-13H2,1-4H3,(H,23,25,26). The highest BCUT2D eigenvalue weighted by Gasteiger charge is 2.14. The van der Waals surface area contributed by atoms with Crippen molar-refractivity contribution in [2.45, 2.75) is 45.4 Å². The quantitative estimate of drug-likeness (QED) is 0.425. The smallest absolute Gasteiger partial charge is 0.240 e. The van der Waals surface area contributed by atoms with Crippen LogP contribution in [-0.2, 0) is 10.0 Å². The predicted octanol–water partition coefficient (Wildman–Crippen LogP) is 3.16. The molecule has 3 rings (SSSR count). The van der Waals surface area contributed by atoms with Gasteiger partial charge in [0, 0.05) is 24.8 Å². The molecule has 1 aromatic carbocycles. The van der Waals surface area contributed by atoms with E-state index in [0.717, 1.165) is 24.2 Å². The van der Waals surface area contributed by atoms with Gasteiger partial charge in [-0.15, -0.1) is 0 Å². The van der Waals surface area contributed by atoms with E-state index in [1.54, 1.807) is 41.9 Å². The monoisotopic (exact) mass is 458 g/mol. The summed E-state index contributed by atoms with van der Waals surface area (Å²) in [4.78, 5) is 9.02. The molecule has 0 aliphatic carbocycles. The van der Waals surface area contributed by atoms with Gasteiger partial charge >= 0.3 is 0 Å². The van der Waals surface area contributed by atoms with E-state index < -0.39 is 10.0 Å². The Labute approximate surface area is 189 Å². The molecule has 2 heterocycles. The largest absolute Gasteiger partial charge is 0.494 e. The summed E-state index contributed by atoms with van der Waals surface area (Å²) >= 11 is 0. The number of sulfonamides is 1. The molecule has 3 aromatic rings. The highest BCUT2D eigenvalue weighted by atomic mass is 32.2. The van der Waals surface area contributed by atoms with Gasteiger partial charge in [0.2, 0.25) is 10.0 Å². The van der Waals surface area contributed by atoms with E-state index in [1.807, 2.05) is 19.9 Å². The van der Waals surface area contributed by atoms with Crippen LogP contribution in [0.3, 0.4) is 0 Å². The van der Waals surface area contributed by atoms with Gasteiger partial charge in [-0.25, -0.2) is 27.8 Å². The van der Waals surface area contributed by atoms with Crippen molar-refractivity contribution in [2.75, 3.05) is 25.0 Å². The highest BCUT2D eigenvalue weighted by molar-refractivity contribution is 7.89. The fourth-order valence-electron chi connectivity index (χ4n) is 3.12. The lowest BCUT2D eigenvalue weighted by molar-refractivity contribution is 0.309. The van der Waals surface area contributed by atoms with E-state index >= 15 is 0 Å². The summed E-state index contributed by atoms with van der Waals surface area (Å²) < 4.78 is 35.0. The molecular weight excluding hydrogens is 428 g/mol. The number of unbranched alkanes of at least 4 members (excludes halogenated alkanes) is 1. The van der Waals surface area contributed by atoms with Crippen molar-refractivity contribution in [3.63, 3.8) is 0 Å². The maximum absolute atomic E-state index is 12.5. The van der Waals surface area contributed by atoms with E-state index in [4.69, 9.17) is 4.74 Å². The molecule has 0 amide bonds. The summed E-state index contributed by atoms with van der Waals surface area (Å²) in [5.41, 5.74) is 1.88. The van der Waals surface area contributed by atoms with Crippen LogP contribution in [0.1, 0.15) is 37.0 Å². The Morgan fingerprint density at radius 3 is 2.44 bits per heavy atom. The fourth-order valence-corrected chi connectivity index (χ4v) is 4.15. The van der Waals surface area contributed by atoms with Crippen LogP contribution in [0.5, 0.6) is 5.75 Å². The lowest BCUT2D eigenvalue weighted by atomic mass is 10.3. The Hall–Kier alpha value is -2.98. The normalized spacial score (nSPS) is 11.5. The second-order valence-corrected chi connectivity index (χ2v) is 9.26. The number of nitrogens with one attached hydrogen (secondary N) is 2. The van der Waals surface area contributed by atoms with Crippen molar-refractivity contribution >= 4 is 15.8 Å². The molecule has 0 saturated heterocycles. The van der Waals surface area contributed by atoms with Gasteiger partial charge in [0.05, 0.1) is 17.2 Å². The van der Waals surface area contributed by atoms with Gasteiger partial charge in [0.1, 0.15) is 17.4 Å². The number of aromatic nitrogens is 4. The number of benzene rings is 1. The average molecular weight is 459 g/mol. The summed E-state index contributed by atoms with van der Waals surface area (Å²) in [7, 11) is -3.61. The van der Waals surface area contributed by atoms with Crippen molar-refractivity contribution in [3.8, 4) is 11.6 Å². The zero-order valence-corrected chi connectivity index (χ0v) is 19.7. The minimum absolute atomic E-state index is 0.199. The molecule has 0 spiro atoms. The Morgan fingerprint density at radius 1 is 1.03 bits per heavy atom. The van der Waals surface area contributed by atoms with Crippen molar-refractivity contribution in [1.82, 2.24) is 24.5 Å².